The molecule has 2 heterocycles. The largest absolute Gasteiger partial charge is 0.433 e. The van der Waals surface area contributed by atoms with Gasteiger partial charge in [0.1, 0.15) is 10.6 Å². The van der Waals surface area contributed by atoms with Gasteiger partial charge in [0.2, 0.25) is 0 Å². The number of halogens is 3. The van der Waals surface area contributed by atoms with Crippen molar-refractivity contribution in [2.24, 2.45) is 0 Å². The van der Waals surface area contributed by atoms with Gasteiger partial charge in [-0.1, -0.05) is 0 Å². The van der Waals surface area contributed by atoms with Crippen LogP contribution in [0.3, 0.4) is 0 Å². The van der Waals surface area contributed by atoms with Crippen molar-refractivity contribution in [3.63, 3.8) is 0 Å². The van der Waals surface area contributed by atoms with Gasteiger partial charge in [-0.05, 0) is 12.1 Å². The normalized spacial score (nSPS) is 12.4. The third-order valence-corrected chi connectivity index (χ3v) is 3.44. The van der Waals surface area contributed by atoms with E-state index in [1.54, 1.807) is 0 Å². The van der Waals surface area contributed by atoms with Gasteiger partial charge in [-0.15, -0.1) is 0 Å². The molecule has 2 rings (SSSR count). The lowest BCUT2D eigenvalue weighted by Gasteiger charge is -2.08. The summed E-state index contributed by atoms with van der Waals surface area (Å²) in [6, 6.07) is 1.67. The Morgan fingerprint density at radius 1 is 1.21 bits per heavy atom. The quantitative estimate of drug-likeness (QED) is 0.900. The van der Waals surface area contributed by atoms with Crippen LogP contribution in [0.1, 0.15) is 5.69 Å². The second kappa shape index (κ2) is 4.53. The van der Waals surface area contributed by atoms with E-state index < -0.39 is 21.9 Å². The molecule has 102 valence electrons. The van der Waals surface area contributed by atoms with Gasteiger partial charge >= 0.3 is 6.18 Å². The molecule has 6 nitrogen and oxygen atoms in total. The Kier molecular flexibility index (Phi) is 3.18. The van der Waals surface area contributed by atoms with Crippen LogP contribution in [0.2, 0.25) is 0 Å². The van der Waals surface area contributed by atoms with Gasteiger partial charge in [-0.25, -0.2) is 13.4 Å². The maximum atomic E-state index is 12.3. The van der Waals surface area contributed by atoms with Crippen molar-refractivity contribution in [3.05, 3.63) is 36.4 Å². The SMILES string of the molecule is O=S(=O)(Nc1ccc(C(F)(F)F)nc1)c1cn[nH]c1. The van der Waals surface area contributed by atoms with E-state index in [0.717, 1.165) is 24.7 Å². The number of aromatic amines is 1. The molecular formula is C9H7F3N4O2S. The topological polar surface area (TPSA) is 87.7 Å². The number of aromatic nitrogens is 3. The van der Waals surface area contributed by atoms with Crippen molar-refractivity contribution in [2.45, 2.75) is 11.1 Å². The highest BCUT2D eigenvalue weighted by molar-refractivity contribution is 7.92. The number of anilines is 1. The smallest absolute Gasteiger partial charge is 0.284 e. The summed E-state index contributed by atoms with van der Waals surface area (Å²) in [6.45, 7) is 0. The summed E-state index contributed by atoms with van der Waals surface area (Å²) in [5, 5.41) is 5.79. The lowest BCUT2D eigenvalue weighted by Crippen LogP contribution is -2.13. The summed E-state index contributed by atoms with van der Waals surface area (Å²) in [5.41, 5.74) is -1.17. The molecular weight excluding hydrogens is 285 g/mol. The number of sulfonamides is 1. The van der Waals surface area contributed by atoms with Crippen molar-refractivity contribution in [3.8, 4) is 0 Å². The summed E-state index contributed by atoms with van der Waals surface area (Å²) in [4.78, 5) is 3.01. The van der Waals surface area contributed by atoms with E-state index in [0.29, 0.717) is 6.07 Å². The van der Waals surface area contributed by atoms with Gasteiger partial charge in [-0.2, -0.15) is 18.3 Å². The zero-order valence-electron chi connectivity index (χ0n) is 9.14. The minimum atomic E-state index is -4.57. The van der Waals surface area contributed by atoms with Gasteiger partial charge in [0.25, 0.3) is 10.0 Å². The standard InChI is InChI=1S/C9H7F3N4O2S/c10-9(11,12)8-2-1-6(3-13-8)16-19(17,18)7-4-14-15-5-7/h1-5,16H,(H,14,15). The molecule has 0 aromatic carbocycles. The fourth-order valence-corrected chi connectivity index (χ4v) is 2.17. The monoisotopic (exact) mass is 292 g/mol. The van der Waals surface area contributed by atoms with Crippen LogP contribution in [0, 0.1) is 0 Å². The average Bonchev–Trinajstić information content (AvgIpc) is 2.82. The fraction of sp³-hybridized carbons (Fsp3) is 0.111. The second-order valence-corrected chi connectivity index (χ2v) is 5.15. The summed E-state index contributed by atoms with van der Waals surface area (Å²) >= 11 is 0. The molecule has 0 amide bonds. The van der Waals surface area contributed by atoms with Crippen molar-refractivity contribution in [2.75, 3.05) is 4.72 Å². The molecule has 2 aromatic rings. The molecule has 2 N–H and O–H groups in total. The summed E-state index contributed by atoms with van der Waals surface area (Å²) < 4.78 is 62.3. The van der Waals surface area contributed by atoms with Crippen LogP contribution < -0.4 is 4.72 Å². The van der Waals surface area contributed by atoms with Crippen LogP contribution in [0.15, 0.2) is 35.6 Å². The van der Waals surface area contributed by atoms with Crippen molar-refractivity contribution >= 4 is 15.7 Å². The van der Waals surface area contributed by atoms with E-state index in [4.69, 9.17) is 0 Å². The zero-order chi connectivity index (χ0) is 14.1. The molecule has 0 saturated heterocycles. The van der Waals surface area contributed by atoms with Crippen LogP contribution in [0.25, 0.3) is 0 Å². The Balaban J connectivity index is 2.21. The molecule has 0 spiro atoms. The molecule has 0 saturated carbocycles. The lowest BCUT2D eigenvalue weighted by atomic mass is 10.3. The van der Waals surface area contributed by atoms with E-state index in [-0.39, 0.29) is 10.6 Å². The first kappa shape index (κ1) is 13.3. The van der Waals surface area contributed by atoms with Crippen LogP contribution in [-0.4, -0.2) is 23.6 Å². The zero-order valence-corrected chi connectivity index (χ0v) is 9.96. The number of nitrogens with one attached hydrogen (secondary N) is 2. The molecule has 0 radical (unpaired) electrons. The van der Waals surface area contributed by atoms with E-state index >= 15 is 0 Å². The molecule has 0 unspecified atom stereocenters. The third kappa shape index (κ3) is 3.02. The highest BCUT2D eigenvalue weighted by atomic mass is 32.2. The Labute approximate surface area is 105 Å². The number of nitrogens with zero attached hydrogens (tertiary/aromatic N) is 2. The molecule has 0 aliphatic carbocycles. The Bertz CT molecular complexity index is 650. The van der Waals surface area contributed by atoms with Crippen LogP contribution in [0.4, 0.5) is 18.9 Å². The minimum absolute atomic E-state index is 0.0748. The number of H-pyrrole nitrogens is 1. The van der Waals surface area contributed by atoms with Crippen molar-refractivity contribution < 1.29 is 21.6 Å². The first-order valence-corrected chi connectivity index (χ1v) is 6.32. The predicted molar refractivity (Wildman–Crippen MR) is 58.6 cm³/mol. The number of alkyl halides is 3. The van der Waals surface area contributed by atoms with E-state index in [1.165, 1.54) is 0 Å². The van der Waals surface area contributed by atoms with Gasteiger partial charge < -0.3 is 0 Å². The Morgan fingerprint density at radius 3 is 2.42 bits per heavy atom. The third-order valence-electron chi connectivity index (χ3n) is 2.09. The van der Waals surface area contributed by atoms with E-state index in [9.17, 15) is 21.6 Å². The molecule has 19 heavy (non-hydrogen) atoms. The molecule has 0 bridgehead atoms. The first-order valence-electron chi connectivity index (χ1n) is 4.84. The average molecular weight is 292 g/mol. The predicted octanol–water partition coefficient (Wildman–Crippen LogP) is 1.62. The Morgan fingerprint density at radius 2 is 1.95 bits per heavy atom. The van der Waals surface area contributed by atoms with Crippen molar-refractivity contribution in [1.82, 2.24) is 15.2 Å². The van der Waals surface area contributed by atoms with E-state index in [1.807, 2.05) is 0 Å². The van der Waals surface area contributed by atoms with Crippen LogP contribution >= 0.6 is 0 Å². The van der Waals surface area contributed by atoms with Crippen molar-refractivity contribution in [1.29, 1.82) is 0 Å². The number of hydrogen-bond donors (Lipinski definition) is 2. The minimum Gasteiger partial charge on any atom is -0.284 e. The molecule has 0 aliphatic rings. The summed E-state index contributed by atoms with van der Waals surface area (Å²) in [5.74, 6) is 0. The maximum Gasteiger partial charge on any atom is 0.433 e. The molecule has 10 heteroatoms. The highest BCUT2D eigenvalue weighted by Crippen LogP contribution is 2.28. The summed E-state index contributed by atoms with van der Waals surface area (Å²) in [6.07, 6.45) is -1.57. The maximum absolute atomic E-state index is 12.3. The lowest BCUT2D eigenvalue weighted by molar-refractivity contribution is -0.141. The Hall–Kier alpha value is -2.10. The molecule has 0 atom stereocenters. The van der Waals surface area contributed by atoms with E-state index in [2.05, 4.69) is 19.9 Å². The van der Waals surface area contributed by atoms with Gasteiger partial charge in [-0.3, -0.25) is 9.82 Å². The number of pyridine rings is 1. The number of hydrogen-bond acceptors (Lipinski definition) is 4. The molecule has 2 aromatic heterocycles. The molecule has 0 fully saturated rings. The molecule has 0 aliphatic heterocycles. The van der Waals surface area contributed by atoms with Crippen LogP contribution in [0.5, 0.6) is 0 Å². The van der Waals surface area contributed by atoms with Gasteiger partial charge in [0.15, 0.2) is 0 Å². The highest BCUT2D eigenvalue weighted by Gasteiger charge is 2.32. The second-order valence-electron chi connectivity index (χ2n) is 3.47. The first-order chi connectivity index (χ1) is 8.79. The fourth-order valence-electron chi connectivity index (χ4n) is 1.22. The van der Waals surface area contributed by atoms with Gasteiger partial charge in [0, 0.05) is 6.20 Å². The summed E-state index contributed by atoms with van der Waals surface area (Å²) in [7, 11) is -3.88. The number of rotatable bonds is 3. The van der Waals surface area contributed by atoms with Crippen LogP contribution in [-0.2, 0) is 16.2 Å². The van der Waals surface area contributed by atoms with Gasteiger partial charge in [0.05, 0.1) is 18.1 Å².